The molecule has 1 saturated heterocycles. The number of hydrogen-bond acceptors (Lipinski definition) is 3. The minimum Gasteiger partial charge on any atom is -0.369 e. The Hall–Kier alpha value is -1.46. The van der Waals surface area contributed by atoms with Gasteiger partial charge in [-0.3, -0.25) is 9.59 Å². The fraction of sp³-hybridized carbons (Fsp3) is 0.931. The van der Waals surface area contributed by atoms with Crippen molar-refractivity contribution in [1.82, 2.24) is 5.32 Å². The van der Waals surface area contributed by atoms with Gasteiger partial charge in [0.2, 0.25) is 22.9 Å². The smallest absolute Gasteiger partial charge is 0.223 e. The molecule has 1 aliphatic heterocycles. The SMILES string of the molecule is CC(C)(C)CC(CC(C)(C)C(C)(C)C(C(N)=O)C(C)(C)C)C(=O)NC1CC(C)(C)[N+](=O)C(C)(C)C1. The van der Waals surface area contributed by atoms with Crippen LogP contribution in [-0.4, -0.2) is 33.7 Å². The molecule has 35 heavy (non-hydrogen) atoms. The predicted molar refractivity (Wildman–Crippen MR) is 145 cm³/mol. The highest BCUT2D eigenvalue weighted by Crippen LogP contribution is 2.54. The van der Waals surface area contributed by atoms with Crippen molar-refractivity contribution in [2.24, 2.45) is 39.2 Å². The van der Waals surface area contributed by atoms with Gasteiger partial charge in [0.1, 0.15) is 0 Å². The van der Waals surface area contributed by atoms with Crippen LogP contribution in [0.25, 0.3) is 0 Å². The second-order valence-corrected chi connectivity index (χ2v) is 16.0. The fourth-order valence-electron chi connectivity index (χ4n) is 6.82. The number of nitrogens with zero attached hydrogens (tertiary/aromatic N) is 1. The largest absolute Gasteiger partial charge is 0.369 e. The van der Waals surface area contributed by atoms with Crippen molar-refractivity contribution in [3.05, 3.63) is 4.91 Å². The first kappa shape index (κ1) is 31.6. The van der Waals surface area contributed by atoms with E-state index in [1.54, 1.807) is 0 Å². The van der Waals surface area contributed by atoms with E-state index in [1.807, 2.05) is 27.7 Å². The standard InChI is InChI=1S/C29H55N3O3/c1-24(2,3)15-19(16-26(7,8)29(13,14)21(22(30)33)25(4,5)6)23(34)31-20-17-27(9,10)32(35)28(11,12)18-20/h19-21H,15-18H2,1-14H3,(H2-,30,31,33,34)/p+1. The lowest BCUT2D eigenvalue weighted by atomic mass is 9.52. The van der Waals surface area contributed by atoms with E-state index in [9.17, 15) is 14.5 Å². The topological polar surface area (TPSA) is 92.3 Å². The molecule has 6 nitrogen and oxygen atoms in total. The molecule has 0 bridgehead atoms. The van der Waals surface area contributed by atoms with Gasteiger partial charge in [0.15, 0.2) is 0 Å². The third kappa shape index (κ3) is 7.52. The summed E-state index contributed by atoms with van der Waals surface area (Å²) in [7, 11) is 0. The zero-order valence-corrected chi connectivity index (χ0v) is 25.3. The number of nitrogens with one attached hydrogen (secondary N) is 1. The van der Waals surface area contributed by atoms with Crippen LogP contribution in [-0.2, 0) is 9.59 Å². The van der Waals surface area contributed by atoms with Crippen molar-refractivity contribution in [3.63, 3.8) is 0 Å². The first-order valence-corrected chi connectivity index (χ1v) is 13.3. The number of rotatable bonds is 8. The Morgan fingerprint density at radius 1 is 0.886 bits per heavy atom. The van der Waals surface area contributed by atoms with Gasteiger partial charge in [-0.1, -0.05) is 69.2 Å². The molecule has 2 atom stereocenters. The van der Waals surface area contributed by atoms with Gasteiger partial charge < -0.3 is 11.1 Å². The van der Waals surface area contributed by atoms with Gasteiger partial charge >= 0.3 is 0 Å². The Morgan fingerprint density at radius 3 is 1.66 bits per heavy atom. The third-order valence-corrected chi connectivity index (χ3v) is 8.54. The van der Waals surface area contributed by atoms with E-state index in [0.29, 0.717) is 19.3 Å². The molecule has 204 valence electrons. The van der Waals surface area contributed by atoms with Crippen LogP contribution in [0.15, 0.2) is 0 Å². The summed E-state index contributed by atoms with van der Waals surface area (Å²) in [5.41, 5.74) is 3.77. The zero-order valence-electron chi connectivity index (χ0n) is 25.3. The molecule has 1 aliphatic rings. The molecular weight excluding hydrogens is 438 g/mol. The Kier molecular flexibility index (Phi) is 8.82. The second-order valence-electron chi connectivity index (χ2n) is 16.0. The summed E-state index contributed by atoms with van der Waals surface area (Å²) in [6.45, 7) is 29.1. The number of hydrogen-bond donors (Lipinski definition) is 2. The van der Waals surface area contributed by atoms with Gasteiger partial charge in [-0.25, -0.2) is 0 Å². The van der Waals surface area contributed by atoms with E-state index < -0.39 is 16.5 Å². The van der Waals surface area contributed by atoms with E-state index in [0.717, 1.165) is 6.42 Å². The molecule has 0 radical (unpaired) electrons. The Morgan fingerprint density at radius 2 is 1.31 bits per heavy atom. The summed E-state index contributed by atoms with van der Waals surface area (Å²) in [5, 5.41) is 3.33. The average Bonchev–Trinajstić information content (AvgIpc) is 2.54. The van der Waals surface area contributed by atoms with Crippen LogP contribution in [0.1, 0.15) is 123 Å². The number of nitroso groups, excluding NO2 is 1. The summed E-state index contributed by atoms with van der Waals surface area (Å²) in [6.07, 6.45) is 2.63. The molecule has 0 saturated carbocycles. The maximum Gasteiger partial charge on any atom is 0.223 e. The number of carbonyl (C=O) groups is 2. The van der Waals surface area contributed by atoms with Crippen LogP contribution in [0, 0.1) is 38.4 Å². The Labute approximate surface area is 215 Å². The molecule has 0 aromatic carbocycles. The van der Waals surface area contributed by atoms with Crippen molar-refractivity contribution in [2.75, 3.05) is 0 Å². The molecule has 2 unspecified atom stereocenters. The number of amides is 2. The van der Waals surface area contributed by atoms with Crippen LogP contribution < -0.4 is 11.1 Å². The Balaban J connectivity index is 3.28. The van der Waals surface area contributed by atoms with Crippen LogP contribution >= 0.6 is 0 Å². The zero-order chi connectivity index (χ0) is 28.0. The number of carbonyl (C=O) groups excluding carboxylic acids is 2. The molecule has 1 fully saturated rings. The minimum atomic E-state index is -0.540. The van der Waals surface area contributed by atoms with Crippen molar-refractivity contribution < 1.29 is 14.3 Å². The summed E-state index contributed by atoms with van der Waals surface area (Å²) < 4.78 is 1.19. The lowest BCUT2D eigenvalue weighted by molar-refractivity contribution is -0.693. The van der Waals surface area contributed by atoms with Gasteiger partial charge in [0.25, 0.3) is 0 Å². The molecule has 6 heteroatoms. The molecule has 1 heterocycles. The molecule has 2 amide bonds. The van der Waals surface area contributed by atoms with Gasteiger partial charge in [0.05, 0.1) is 0 Å². The minimum absolute atomic E-state index is 0.0354. The maximum atomic E-state index is 13.8. The van der Waals surface area contributed by atoms with Crippen molar-refractivity contribution in [2.45, 2.75) is 140 Å². The summed E-state index contributed by atoms with van der Waals surface area (Å²) in [6, 6.07) is -0.0516. The number of piperidine rings is 1. The molecular formula is C29H56N3O3+. The second kappa shape index (κ2) is 9.78. The van der Waals surface area contributed by atoms with Crippen LogP contribution in [0.5, 0.6) is 0 Å². The Bertz CT molecular complexity index is 790. The van der Waals surface area contributed by atoms with Gasteiger partial charge in [-0.05, 0) is 34.5 Å². The average molecular weight is 495 g/mol. The maximum absolute atomic E-state index is 13.8. The van der Waals surface area contributed by atoms with E-state index >= 15 is 0 Å². The van der Waals surface area contributed by atoms with E-state index in [4.69, 9.17) is 5.73 Å². The highest BCUT2D eigenvalue weighted by molar-refractivity contribution is 5.80. The summed E-state index contributed by atoms with van der Waals surface area (Å²) in [5.74, 6) is -0.798. The molecule has 3 N–H and O–H groups in total. The van der Waals surface area contributed by atoms with Crippen molar-refractivity contribution in [3.8, 4) is 0 Å². The number of nitrogens with two attached hydrogens (primary N) is 1. The molecule has 0 aromatic heterocycles. The predicted octanol–water partition coefficient (Wildman–Crippen LogP) is 6.24. The normalized spacial score (nSPS) is 21.4. The lowest BCUT2D eigenvalue weighted by Crippen LogP contribution is -2.59. The highest BCUT2D eigenvalue weighted by atomic mass is 16.3. The highest BCUT2D eigenvalue weighted by Gasteiger charge is 2.55. The summed E-state index contributed by atoms with van der Waals surface area (Å²) >= 11 is 0. The van der Waals surface area contributed by atoms with Gasteiger partial charge in [-0.15, -0.1) is 0 Å². The van der Waals surface area contributed by atoms with Crippen molar-refractivity contribution >= 4 is 11.8 Å². The molecule has 0 aliphatic carbocycles. The van der Waals surface area contributed by atoms with E-state index in [-0.39, 0.29) is 45.9 Å². The molecule has 0 spiro atoms. The van der Waals surface area contributed by atoms with Gasteiger partial charge in [-0.2, -0.15) is 0 Å². The first-order chi connectivity index (χ1) is 15.2. The fourth-order valence-corrected chi connectivity index (χ4v) is 6.82. The van der Waals surface area contributed by atoms with E-state index in [2.05, 4.69) is 74.6 Å². The summed E-state index contributed by atoms with van der Waals surface area (Å²) in [4.78, 5) is 39.2. The van der Waals surface area contributed by atoms with Crippen LogP contribution in [0.3, 0.4) is 0 Å². The number of primary amides is 1. The van der Waals surface area contributed by atoms with E-state index in [1.165, 1.54) is 4.76 Å². The monoisotopic (exact) mass is 494 g/mol. The lowest BCUT2D eigenvalue weighted by Gasteiger charge is -2.51. The molecule has 0 aromatic rings. The molecule has 1 rings (SSSR count). The van der Waals surface area contributed by atoms with Crippen molar-refractivity contribution in [1.29, 1.82) is 0 Å². The van der Waals surface area contributed by atoms with Gasteiger partial charge in [0, 0.05) is 68.1 Å². The van der Waals surface area contributed by atoms with Crippen LogP contribution in [0.4, 0.5) is 0 Å². The third-order valence-electron chi connectivity index (χ3n) is 8.54. The van der Waals surface area contributed by atoms with Crippen LogP contribution in [0.2, 0.25) is 0 Å². The quantitative estimate of drug-likeness (QED) is 0.391. The first-order valence-electron chi connectivity index (χ1n) is 13.3.